The summed E-state index contributed by atoms with van der Waals surface area (Å²) >= 11 is 0. The van der Waals surface area contributed by atoms with E-state index in [1.165, 1.54) is 0 Å². The van der Waals surface area contributed by atoms with Gasteiger partial charge in [-0.05, 0) is 26.2 Å². The summed E-state index contributed by atoms with van der Waals surface area (Å²) in [7, 11) is 0.280. The zero-order chi connectivity index (χ0) is 14.8. The highest BCUT2D eigenvalue weighted by Crippen LogP contribution is 2.27. The summed E-state index contributed by atoms with van der Waals surface area (Å²) in [6.45, 7) is 1.67. The molecule has 7 heteroatoms. The summed E-state index contributed by atoms with van der Waals surface area (Å²) in [6.07, 6.45) is 0. The minimum Gasteiger partial charge on any atom is -0.395 e. The van der Waals surface area contributed by atoms with Gasteiger partial charge in [0, 0.05) is 25.2 Å². The van der Waals surface area contributed by atoms with E-state index in [9.17, 15) is 13.5 Å². The van der Waals surface area contributed by atoms with Crippen LogP contribution in [0.3, 0.4) is 0 Å². The van der Waals surface area contributed by atoms with Crippen molar-refractivity contribution in [1.82, 2.24) is 9.80 Å². The van der Waals surface area contributed by atoms with E-state index in [-0.39, 0.29) is 11.5 Å². The van der Waals surface area contributed by atoms with Gasteiger partial charge >= 0.3 is 0 Å². The standard InChI is InChI=1S/C13H19N3O3S/c1-15(2)7-8-16(9-10-17)13-11-5-3-4-6-12(11)20(18,19)14-13/h3-6,17H,7-10H2,1-2H3. The minimum absolute atomic E-state index is 0.0470. The third kappa shape index (κ3) is 3.00. The first kappa shape index (κ1) is 15.0. The number of amidine groups is 1. The van der Waals surface area contributed by atoms with Crippen molar-refractivity contribution in [3.8, 4) is 0 Å². The molecule has 1 aliphatic heterocycles. The maximum Gasteiger partial charge on any atom is 0.285 e. The largest absolute Gasteiger partial charge is 0.395 e. The molecule has 0 spiro atoms. The lowest BCUT2D eigenvalue weighted by Crippen LogP contribution is -2.38. The topological polar surface area (TPSA) is 73.2 Å². The van der Waals surface area contributed by atoms with E-state index in [2.05, 4.69) is 4.40 Å². The molecule has 6 nitrogen and oxygen atoms in total. The molecule has 20 heavy (non-hydrogen) atoms. The Hall–Kier alpha value is -1.44. The van der Waals surface area contributed by atoms with Crippen molar-refractivity contribution in [2.45, 2.75) is 4.90 Å². The molecule has 0 aromatic heterocycles. The van der Waals surface area contributed by atoms with Gasteiger partial charge in [0.1, 0.15) is 4.90 Å². The Labute approximate surface area is 119 Å². The highest BCUT2D eigenvalue weighted by atomic mass is 32.2. The first-order valence-electron chi connectivity index (χ1n) is 6.40. The molecular weight excluding hydrogens is 278 g/mol. The lowest BCUT2D eigenvalue weighted by Gasteiger charge is -2.25. The average molecular weight is 297 g/mol. The first-order chi connectivity index (χ1) is 9.45. The third-order valence-corrected chi connectivity index (χ3v) is 4.42. The van der Waals surface area contributed by atoms with E-state index >= 15 is 0 Å². The van der Waals surface area contributed by atoms with E-state index in [1.807, 2.05) is 23.9 Å². The second-order valence-electron chi connectivity index (χ2n) is 4.90. The van der Waals surface area contributed by atoms with Crippen LogP contribution in [0.25, 0.3) is 0 Å². The number of sulfonamides is 1. The highest BCUT2D eigenvalue weighted by molar-refractivity contribution is 7.90. The summed E-state index contributed by atoms with van der Waals surface area (Å²) in [4.78, 5) is 4.05. The van der Waals surface area contributed by atoms with Crippen LogP contribution in [0.1, 0.15) is 5.56 Å². The van der Waals surface area contributed by atoms with Crippen LogP contribution in [0.2, 0.25) is 0 Å². The van der Waals surface area contributed by atoms with Crippen LogP contribution in [0.5, 0.6) is 0 Å². The molecule has 0 radical (unpaired) electrons. The fraction of sp³-hybridized carbons (Fsp3) is 0.462. The summed E-state index contributed by atoms with van der Waals surface area (Å²) in [5.74, 6) is 0.427. The Morgan fingerprint density at radius 2 is 1.85 bits per heavy atom. The molecule has 0 bridgehead atoms. The smallest absolute Gasteiger partial charge is 0.285 e. The number of hydrogen-bond acceptors (Lipinski definition) is 5. The van der Waals surface area contributed by atoms with Crippen molar-refractivity contribution >= 4 is 15.9 Å². The van der Waals surface area contributed by atoms with Gasteiger partial charge in [-0.2, -0.15) is 8.42 Å². The van der Waals surface area contributed by atoms with Crippen LogP contribution in [-0.4, -0.2) is 69.5 Å². The minimum atomic E-state index is -3.61. The maximum absolute atomic E-state index is 12.0. The fourth-order valence-corrected chi connectivity index (χ4v) is 3.31. The van der Waals surface area contributed by atoms with Crippen molar-refractivity contribution in [2.24, 2.45) is 4.40 Å². The Morgan fingerprint density at radius 3 is 2.50 bits per heavy atom. The van der Waals surface area contributed by atoms with E-state index in [1.54, 1.807) is 24.3 Å². The molecule has 0 unspecified atom stereocenters. The molecule has 1 aliphatic rings. The van der Waals surface area contributed by atoms with Crippen molar-refractivity contribution in [3.63, 3.8) is 0 Å². The predicted octanol–water partition coefficient (Wildman–Crippen LogP) is -0.00860. The predicted molar refractivity (Wildman–Crippen MR) is 77.4 cm³/mol. The van der Waals surface area contributed by atoms with Gasteiger partial charge in [0.2, 0.25) is 0 Å². The van der Waals surface area contributed by atoms with Crippen LogP contribution in [0, 0.1) is 0 Å². The number of benzene rings is 1. The van der Waals surface area contributed by atoms with Crippen molar-refractivity contribution in [3.05, 3.63) is 29.8 Å². The van der Waals surface area contributed by atoms with Crippen LogP contribution in [0.15, 0.2) is 33.6 Å². The Bertz CT molecular complexity index is 611. The number of nitrogens with zero attached hydrogens (tertiary/aromatic N) is 3. The molecular formula is C13H19N3O3S. The zero-order valence-electron chi connectivity index (χ0n) is 11.7. The molecule has 0 atom stereocenters. The quantitative estimate of drug-likeness (QED) is 0.827. The molecule has 0 fully saturated rings. The molecule has 0 saturated heterocycles. The fourth-order valence-electron chi connectivity index (χ4n) is 2.08. The number of hydrogen-bond donors (Lipinski definition) is 1. The summed E-state index contributed by atoms with van der Waals surface area (Å²) < 4.78 is 27.9. The third-order valence-electron chi connectivity index (χ3n) is 3.10. The lowest BCUT2D eigenvalue weighted by molar-refractivity contribution is 0.239. The van der Waals surface area contributed by atoms with Gasteiger partial charge in [0.05, 0.1) is 6.61 Å². The van der Waals surface area contributed by atoms with Gasteiger partial charge in [0.25, 0.3) is 10.0 Å². The highest BCUT2D eigenvalue weighted by Gasteiger charge is 2.31. The van der Waals surface area contributed by atoms with Crippen molar-refractivity contribution in [2.75, 3.05) is 40.3 Å². The molecule has 0 amide bonds. The average Bonchev–Trinajstić information content (AvgIpc) is 2.67. The SMILES string of the molecule is CN(C)CCN(CCO)C1=NS(=O)(=O)c2ccccc21. The molecule has 2 rings (SSSR count). The summed E-state index contributed by atoms with van der Waals surface area (Å²) in [5.41, 5.74) is 0.611. The van der Waals surface area contributed by atoms with E-state index in [0.29, 0.717) is 24.5 Å². The van der Waals surface area contributed by atoms with E-state index in [0.717, 1.165) is 6.54 Å². The second-order valence-corrected chi connectivity index (χ2v) is 6.47. The van der Waals surface area contributed by atoms with Crippen molar-refractivity contribution in [1.29, 1.82) is 0 Å². The number of rotatable bonds is 5. The Morgan fingerprint density at radius 1 is 1.15 bits per heavy atom. The van der Waals surface area contributed by atoms with Gasteiger partial charge in [-0.25, -0.2) is 0 Å². The molecule has 0 aliphatic carbocycles. The number of fused-ring (bicyclic) bond motifs is 1. The summed E-state index contributed by atoms with van der Waals surface area (Å²) in [5, 5.41) is 9.18. The molecule has 1 N–H and O–H groups in total. The van der Waals surface area contributed by atoms with Gasteiger partial charge < -0.3 is 14.9 Å². The number of aliphatic hydroxyl groups excluding tert-OH is 1. The number of aliphatic hydroxyl groups is 1. The first-order valence-corrected chi connectivity index (χ1v) is 7.84. The zero-order valence-corrected chi connectivity index (χ0v) is 12.5. The molecule has 1 aromatic rings. The molecule has 1 aromatic carbocycles. The van der Waals surface area contributed by atoms with Gasteiger partial charge in [0.15, 0.2) is 5.84 Å². The number of likely N-dealkylation sites (N-methyl/N-ethyl adjacent to an activating group) is 1. The van der Waals surface area contributed by atoms with E-state index < -0.39 is 10.0 Å². The normalized spacial score (nSPS) is 16.1. The van der Waals surface area contributed by atoms with E-state index in [4.69, 9.17) is 0 Å². The maximum atomic E-state index is 12.0. The molecule has 0 saturated carbocycles. The van der Waals surface area contributed by atoms with Crippen LogP contribution in [-0.2, 0) is 10.0 Å². The van der Waals surface area contributed by atoms with Gasteiger partial charge in [-0.15, -0.1) is 4.40 Å². The monoisotopic (exact) mass is 297 g/mol. The van der Waals surface area contributed by atoms with Crippen LogP contribution < -0.4 is 0 Å². The molecule has 110 valence electrons. The van der Waals surface area contributed by atoms with Gasteiger partial charge in [-0.3, -0.25) is 0 Å². The Balaban J connectivity index is 2.34. The Kier molecular flexibility index (Phi) is 4.42. The van der Waals surface area contributed by atoms with Crippen molar-refractivity contribution < 1.29 is 13.5 Å². The van der Waals surface area contributed by atoms with Crippen LogP contribution in [0.4, 0.5) is 0 Å². The summed E-state index contributed by atoms with van der Waals surface area (Å²) in [6, 6.07) is 6.78. The second kappa shape index (κ2) is 5.90. The van der Waals surface area contributed by atoms with Gasteiger partial charge in [-0.1, -0.05) is 12.1 Å². The molecule has 1 heterocycles. The lowest BCUT2D eigenvalue weighted by atomic mass is 10.2. The van der Waals surface area contributed by atoms with Crippen LogP contribution >= 0.6 is 0 Å².